The molecule has 0 unspecified atom stereocenters. The lowest BCUT2D eigenvalue weighted by Crippen LogP contribution is -2.11. The standard InChI is InChI=1S/C16H20N4O2S/c1-23(21,22)14-5-3-2-4-13(14)17-10-15-18-19-16(11-6-7-11)20(15)12-8-9-12/h2-5,11-12,17H,6-10H2,1H3. The molecule has 0 amide bonds. The summed E-state index contributed by atoms with van der Waals surface area (Å²) in [4.78, 5) is 0.319. The summed E-state index contributed by atoms with van der Waals surface area (Å²) in [5.74, 6) is 2.58. The number of anilines is 1. The van der Waals surface area contributed by atoms with Gasteiger partial charge in [0.1, 0.15) is 5.82 Å². The number of aromatic nitrogens is 3. The maximum absolute atomic E-state index is 11.9. The number of nitrogens with zero attached hydrogens (tertiary/aromatic N) is 3. The van der Waals surface area contributed by atoms with Crippen LogP contribution in [0.2, 0.25) is 0 Å². The van der Waals surface area contributed by atoms with Crippen LogP contribution in [-0.4, -0.2) is 29.4 Å². The van der Waals surface area contributed by atoms with Crippen molar-refractivity contribution in [3.05, 3.63) is 35.9 Å². The Morgan fingerprint density at radius 1 is 1.17 bits per heavy atom. The molecule has 2 aromatic rings. The summed E-state index contributed by atoms with van der Waals surface area (Å²) in [5.41, 5.74) is 0.619. The van der Waals surface area contributed by atoms with E-state index in [1.807, 2.05) is 6.07 Å². The molecule has 2 fully saturated rings. The van der Waals surface area contributed by atoms with E-state index in [4.69, 9.17) is 0 Å². The van der Waals surface area contributed by atoms with Gasteiger partial charge in [-0.25, -0.2) is 8.42 Å². The summed E-state index contributed by atoms with van der Waals surface area (Å²) in [7, 11) is -3.26. The van der Waals surface area contributed by atoms with Crippen LogP contribution in [0.5, 0.6) is 0 Å². The Morgan fingerprint density at radius 2 is 1.91 bits per heavy atom. The van der Waals surface area contributed by atoms with Gasteiger partial charge in [-0.15, -0.1) is 10.2 Å². The largest absolute Gasteiger partial charge is 0.377 e. The molecule has 2 aliphatic rings. The Labute approximate surface area is 135 Å². The smallest absolute Gasteiger partial charge is 0.177 e. The zero-order chi connectivity index (χ0) is 16.0. The second-order valence-electron chi connectivity index (χ2n) is 6.47. The van der Waals surface area contributed by atoms with Gasteiger partial charge < -0.3 is 9.88 Å². The molecule has 0 atom stereocenters. The minimum absolute atomic E-state index is 0.319. The molecule has 0 spiro atoms. The molecule has 1 aromatic heterocycles. The van der Waals surface area contributed by atoms with Crippen LogP contribution in [0.15, 0.2) is 29.2 Å². The van der Waals surface area contributed by atoms with Gasteiger partial charge in [0.05, 0.1) is 17.1 Å². The minimum Gasteiger partial charge on any atom is -0.377 e. The van der Waals surface area contributed by atoms with E-state index in [0.717, 1.165) is 11.6 Å². The van der Waals surface area contributed by atoms with Gasteiger partial charge in [0.15, 0.2) is 15.7 Å². The lowest BCUT2D eigenvalue weighted by molar-refractivity contribution is 0.602. The quantitative estimate of drug-likeness (QED) is 0.879. The van der Waals surface area contributed by atoms with Crippen molar-refractivity contribution in [1.82, 2.24) is 14.8 Å². The average molecular weight is 332 g/mol. The van der Waals surface area contributed by atoms with E-state index in [1.54, 1.807) is 18.2 Å². The third-order valence-electron chi connectivity index (χ3n) is 4.37. The van der Waals surface area contributed by atoms with Crippen LogP contribution in [0.25, 0.3) is 0 Å². The normalized spacial score (nSPS) is 18.1. The van der Waals surface area contributed by atoms with Crippen molar-refractivity contribution in [2.45, 2.75) is 49.1 Å². The second kappa shape index (κ2) is 5.33. The summed E-state index contributed by atoms with van der Waals surface area (Å²) in [6, 6.07) is 7.51. The zero-order valence-electron chi connectivity index (χ0n) is 13.1. The van der Waals surface area contributed by atoms with Gasteiger partial charge in [0.25, 0.3) is 0 Å². The fourth-order valence-electron chi connectivity index (χ4n) is 2.92. The van der Waals surface area contributed by atoms with Crippen molar-refractivity contribution in [3.8, 4) is 0 Å². The first-order chi connectivity index (χ1) is 11.0. The lowest BCUT2D eigenvalue weighted by Gasteiger charge is -2.12. The van der Waals surface area contributed by atoms with Crippen LogP contribution in [0.4, 0.5) is 5.69 Å². The van der Waals surface area contributed by atoms with Crippen molar-refractivity contribution in [1.29, 1.82) is 0 Å². The Morgan fingerprint density at radius 3 is 2.57 bits per heavy atom. The monoisotopic (exact) mass is 332 g/mol. The van der Waals surface area contributed by atoms with E-state index in [9.17, 15) is 8.42 Å². The van der Waals surface area contributed by atoms with Crippen molar-refractivity contribution in [3.63, 3.8) is 0 Å². The van der Waals surface area contributed by atoms with E-state index in [0.29, 0.717) is 29.1 Å². The summed E-state index contributed by atoms with van der Waals surface area (Å²) in [5, 5.41) is 12.0. The highest BCUT2D eigenvalue weighted by atomic mass is 32.2. The van der Waals surface area contributed by atoms with E-state index in [2.05, 4.69) is 20.1 Å². The molecule has 1 aromatic carbocycles. The fourth-order valence-corrected chi connectivity index (χ4v) is 3.78. The second-order valence-corrected chi connectivity index (χ2v) is 8.46. The van der Waals surface area contributed by atoms with Crippen LogP contribution in [0.3, 0.4) is 0 Å². The number of nitrogens with one attached hydrogen (secondary N) is 1. The Balaban J connectivity index is 1.59. The van der Waals surface area contributed by atoms with Gasteiger partial charge in [0, 0.05) is 18.2 Å². The number of para-hydroxylation sites is 1. The SMILES string of the molecule is CS(=O)(=O)c1ccccc1NCc1nnc(C2CC2)n1C1CC1. The molecule has 0 bridgehead atoms. The predicted octanol–water partition coefficient (Wildman–Crippen LogP) is 2.51. The van der Waals surface area contributed by atoms with Gasteiger partial charge in [-0.2, -0.15) is 0 Å². The highest BCUT2D eigenvalue weighted by Crippen LogP contribution is 2.44. The Hall–Kier alpha value is -1.89. The number of sulfone groups is 1. The van der Waals surface area contributed by atoms with Gasteiger partial charge in [-0.05, 0) is 37.8 Å². The molecule has 23 heavy (non-hydrogen) atoms. The highest BCUT2D eigenvalue weighted by Gasteiger charge is 2.36. The molecule has 2 aliphatic carbocycles. The van der Waals surface area contributed by atoms with Crippen LogP contribution >= 0.6 is 0 Å². The first kappa shape index (κ1) is 14.7. The van der Waals surface area contributed by atoms with Crippen molar-refractivity contribution in [2.24, 2.45) is 0 Å². The Kier molecular flexibility index (Phi) is 3.41. The van der Waals surface area contributed by atoms with E-state index in [-0.39, 0.29) is 0 Å². The highest BCUT2D eigenvalue weighted by molar-refractivity contribution is 7.90. The van der Waals surface area contributed by atoms with E-state index >= 15 is 0 Å². The molecule has 122 valence electrons. The molecule has 0 aliphatic heterocycles. The number of hydrogen-bond acceptors (Lipinski definition) is 5. The van der Waals surface area contributed by atoms with E-state index in [1.165, 1.54) is 31.9 Å². The Bertz CT molecular complexity index is 836. The maximum Gasteiger partial charge on any atom is 0.177 e. The summed E-state index contributed by atoms with van der Waals surface area (Å²) >= 11 is 0. The topological polar surface area (TPSA) is 76.9 Å². The van der Waals surface area contributed by atoms with Crippen molar-refractivity contribution in [2.75, 3.05) is 11.6 Å². The molecule has 4 rings (SSSR count). The van der Waals surface area contributed by atoms with Crippen LogP contribution < -0.4 is 5.32 Å². The molecule has 7 heteroatoms. The summed E-state index contributed by atoms with van der Waals surface area (Å²) in [6.45, 7) is 0.489. The number of hydrogen-bond donors (Lipinski definition) is 1. The maximum atomic E-state index is 11.9. The van der Waals surface area contributed by atoms with Crippen LogP contribution in [0.1, 0.15) is 49.3 Å². The van der Waals surface area contributed by atoms with Crippen molar-refractivity contribution >= 4 is 15.5 Å². The fraction of sp³-hybridized carbons (Fsp3) is 0.500. The lowest BCUT2D eigenvalue weighted by atomic mass is 10.3. The van der Waals surface area contributed by atoms with Gasteiger partial charge >= 0.3 is 0 Å². The van der Waals surface area contributed by atoms with Gasteiger partial charge in [-0.1, -0.05) is 12.1 Å². The zero-order valence-corrected chi connectivity index (χ0v) is 13.9. The summed E-state index contributed by atoms with van der Waals surface area (Å²) in [6.07, 6.45) is 6.01. The summed E-state index contributed by atoms with van der Waals surface area (Å²) < 4.78 is 26.0. The van der Waals surface area contributed by atoms with Crippen LogP contribution in [-0.2, 0) is 16.4 Å². The molecule has 6 nitrogen and oxygen atoms in total. The average Bonchev–Trinajstić information content (AvgIpc) is 3.43. The molecule has 2 saturated carbocycles. The molecular weight excluding hydrogens is 312 g/mol. The van der Waals surface area contributed by atoms with E-state index < -0.39 is 9.84 Å². The molecule has 1 N–H and O–H groups in total. The molecule has 0 radical (unpaired) electrons. The molecule has 1 heterocycles. The number of rotatable bonds is 6. The van der Waals surface area contributed by atoms with Gasteiger partial charge in [-0.3, -0.25) is 0 Å². The van der Waals surface area contributed by atoms with Gasteiger partial charge in [0.2, 0.25) is 0 Å². The molecule has 0 saturated heterocycles. The molecular formula is C16H20N4O2S. The van der Waals surface area contributed by atoms with Crippen LogP contribution in [0, 0.1) is 0 Å². The number of benzene rings is 1. The third-order valence-corrected chi connectivity index (χ3v) is 5.53. The van der Waals surface area contributed by atoms with Crippen molar-refractivity contribution < 1.29 is 8.42 Å². The predicted molar refractivity (Wildman–Crippen MR) is 87.1 cm³/mol. The first-order valence-electron chi connectivity index (χ1n) is 8.00. The minimum atomic E-state index is -3.26. The first-order valence-corrected chi connectivity index (χ1v) is 9.90. The third kappa shape index (κ3) is 2.97.